The number of hydrogen-bond acceptors (Lipinski definition) is 9. The number of benzene rings is 3. The normalized spacial score (nSPS) is 12.1. The Balaban J connectivity index is 1.60. The number of fused-ring (bicyclic) bond motifs is 2. The van der Waals surface area contributed by atoms with Crippen molar-refractivity contribution in [3.63, 3.8) is 0 Å². The highest BCUT2D eigenvalue weighted by molar-refractivity contribution is 14.1. The lowest BCUT2D eigenvalue weighted by Crippen LogP contribution is -2.26. The Labute approximate surface area is 255 Å². The summed E-state index contributed by atoms with van der Waals surface area (Å²) in [6.45, 7) is 5.83. The van der Waals surface area contributed by atoms with Gasteiger partial charge in [0.2, 0.25) is 5.82 Å². The molecule has 2 heterocycles. The maximum absolute atomic E-state index is 13.7. The van der Waals surface area contributed by atoms with Gasteiger partial charge in [-0.25, -0.2) is 9.78 Å². The summed E-state index contributed by atoms with van der Waals surface area (Å²) in [7, 11) is 1.58. The average molecular weight is 681 g/mol. The molecule has 0 N–H and O–H groups in total. The zero-order chi connectivity index (χ0) is 29.8. The molecule has 0 radical (unpaired) electrons. The molecule has 0 bridgehead atoms. The number of furan rings is 1. The monoisotopic (exact) mass is 681 g/mol. The quantitative estimate of drug-likeness (QED) is 0.0998. The first-order valence-electron chi connectivity index (χ1n) is 13.3. The number of rotatable bonds is 10. The first kappa shape index (κ1) is 29.1. The molecule has 0 fully saturated rings. The van der Waals surface area contributed by atoms with Gasteiger partial charge in [-0.1, -0.05) is 18.2 Å². The van der Waals surface area contributed by atoms with Crippen LogP contribution >= 0.6 is 22.6 Å². The summed E-state index contributed by atoms with van der Waals surface area (Å²) in [6, 6.07) is 17.9. The summed E-state index contributed by atoms with van der Waals surface area (Å²) >= 11 is 2.11. The Morgan fingerprint density at radius 3 is 2.64 bits per heavy atom. The van der Waals surface area contributed by atoms with Crippen molar-refractivity contribution in [1.29, 1.82) is 0 Å². The zero-order valence-electron chi connectivity index (χ0n) is 23.4. The number of esters is 1. The van der Waals surface area contributed by atoms with Crippen molar-refractivity contribution in [3.8, 4) is 28.8 Å². The second-order valence-electron chi connectivity index (χ2n) is 9.07. The summed E-state index contributed by atoms with van der Waals surface area (Å²) in [5.41, 5.74) is 1.38. The largest absolute Gasteiger partial charge is 0.496 e. The van der Waals surface area contributed by atoms with Crippen molar-refractivity contribution in [3.05, 3.63) is 80.2 Å². The Bertz CT molecular complexity index is 1860. The molecule has 1 atom stereocenters. The third kappa shape index (κ3) is 5.82. The second kappa shape index (κ2) is 12.6. The molecule has 0 saturated heterocycles. The molecule has 3 aromatic carbocycles. The van der Waals surface area contributed by atoms with E-state index in [1.807, 2.05) is 37.3 Å². The van der Waals surface area contributed by atoms with Crippen LogP contribution < -0.4 is 19.8 Å². The Morgan fingerprint density at radius 1 is 1.07 bits per heavy atom. The molecular weight excluding hydrogens is 653 g/mol. The maximum atomic E-state index is 13.7. The van der Waals surface area contributed by atoms with Crippen LogP contribution in [0.1, 0.15) is 26.3 Å². The molecule has 0 spiro atoms. The lowest BCUT2D eigenvalue weighted by molar-refractivity contribution is -0.150. The minimum Gasteiger partial charge on any atom is -0.496 e. The van der Waals surface area contributed by atoms with Gasteiger partial charge in [0.15, 0.2) is 23.4 Å². The van der Waals surface area contributed by atoms with E-state index in [0.29, 0.717) is 55.2 Å². The van der Waals surface area contributed by atoms with E-state index in [1.165, 1.54) is 10.9 Å². The van der Waals surface area contributed by atoms with Crippen LogP contribution in [0.25, 0.3) is 33.5 Å². The molecule has 0 amide bonds. The van der Waals surface area contributed by atoms with Gasteiger partial charge in [-0.3, -0.25) is 4.79 Å². The molecule has 42 heavy (non-hydrogen) atoms. The average Bonchev–Trinajstić information content (AvgIpc) is 3.43. The number of para-hydroxylation sites is 1. The second-order valence-corrected chi connectivity index (χ2v) is 10.2. The van der Waals surface area contributed by atoms with Gasteiger partial charge in [0.05, 0.1) is 46.4 Å². The van der Waals surface area contributed by atoms with Gasteiger partial charge in [-0.05, 0) is 91.4 Å². The molecule has 0 aliphatic heterocycles. The molecule has 0 aliphatic rings. The van der Waals surface area contributed by atoms with Gasteiger partial charge >= 0.3 is 5.97 Å². The van der Waals surface area contributed by atoms with Gasteiger partial charge in [0.25, 0.3) is 5.56 Å². The summed E-state index contributed by atoms with van der Waals surface area (Å²) in [5.74, 6) is 1.60. The minimum atomic E-state index is -0.829. The van der Waals surface area contributed by atoms with E-state index in [9.17, 15) is 9.59 Å². The summed E-state index contributed by atoms with van der Waals surface area (Å²) in [6.07, 6.45) is 0.706. The molecule has 2 aromatic heterocycles. The van der Waals surface area contributed by atoms with Crippen LogP contribution in [-0.4, -0.2) is 48.3 Å². The topological polar surface area (TPSA) is 114 Å². The van der Waals surface area contributed by atoms with Crippen LogP contribution in [0.3, 0.4) is 0 Å². The predicted molar refractivity (Wildman–Crippen MR) is 168 cm³/mol. The van der Waals surface area contributed by atoms with E-state index in [4.69, 9.17) is 28.3 Å². The van der Waals surface area contributed by atoms with Gasteiger partial charge in [0.1, 0.15) is 11.3 Å². The minimum absolute atomic E-state index is 0.233. The first-order chi connectivity index (χ1) is 20.3. The van der Waals surface area contributed by atoms with Crippen molar-refractivity contribution in [2.45, 2.75) is 26.9 Å². The van der Waals surface area contributed by atoms with Crippen molar-refractivity contribution < 1.29 is 28.2 Å². The van der Waals surface area contributed by atoms with Gasteiger partial charge in [-0.2, -0.15) is 9.78 Å². The molecule has 216 valence electrons. The third-order valence-corrected chi connectivity index (χ3v) is 7.08. The predicted octanol–water partition coefficient (Wildman–Crippen LogP) is 6.03. The summed E-state index contributed by atoms with van der Waals surface area (Å²) in [4.78, 5) is 30.6. The zero-order valence-corrected chi connectivity index (χ0v) is 25.6. The number of aromatic nitrogens is 2. The number of carbonyl (C=O) groups is 1. The Hall–Kier alpha value is -4.39. The number of nitrogens with zero attached hydrogens (tertiary/aromatic N) is 3. The van der Waals surface area contributed by atoms with Crippen molar-refractivity contribution in [2.75, 3.05) is 20.3 Å². The smallest absolute Gasteiger partial charge is 0.347 e. The van der Waals surface area contributed by atoms with Crippen molar-refractivity contribution in [2.24, 2.45) is 5.10 Å². The van der Waals surface area contributed by atoms with E-state index < -0.39 is 12.1 Å². The third-order valence-electron chi connectivity index (χ3n) is 6.28. The van der Waals surface area contributed by atoms with E-state index in [1.54, 1.807) is 51.3 Å². The number of methoxy groups -OCH3 is 1. The molecular formula is C31H28IN3O7. The van der Waals surface area contributed by atoms with Crippen molar-refractivity contribution >= 4 is 56.6 Å². The van der Waals surface area contributed by atoms with Gasteiger partial charge in [-0.15, -0.1) is 0 Å². The van der Waals surface area contributed by atoms with Crippen LogP contribution in [0.4, 0.5) is 0 Å². The van der Waals surface area contributed by atoms with Crippen LogP contribution in [-0.2, 0) is 9.53 Å². The Morgan fingerprint density at radius 2 is 1.88 bits per heavy atom. The van der Waals surface area contributed by atoms with Crippen LogP contribution in [0, 0.1) is 3.57 Å². The highest BCUT2D eigenvalue weighted by atomic mass is 127. The van der Waals surface area contributed by atoms with E-state index in [0.717, 1.165) is 5.39 Å². The standard InChI is InChI=1S/C31H28IN3O7/c1-5-39-26-15-19(14-22(32)28(26)41-18(3)31(37)40-6-2)17-33-35-29(34-23-11-8-7-10-20(23)30(35)36)27-16-21-24(38-4)12-9-13-25(21)42-27/h7-18H,5-6H2,1-4H3/t18-/m1/s1. The molecule has 0 unspecified atom stereocenters. The number of carbonyl (C=O) groups excluding carboxylic acids is 1. The molecule has 0 aliphatic carbocycles. The lowest BCUT2D eigenvalue weighted by Gasteiger charge is -2.18. The fourth-order valence-corrected chi connectivity index (χ4v) is 5.11. The highest BCUT2D eigenvalue weighted by Crippen LogP contribution is 2.35. The van der Waals surface area contributed by atoms with Crippen LogP contribution in [0.2, 0.25) is 0 Å². The van der Waals surface area contributed by atoms with Gasteiger partial charge < -0.3 is 23.4 Å². The van der Waals surface area contributed by atoms with E-state index in [-0.39, 0.29) is 18.0 Å². The molecule has 11 heteroatoms. The highest BCUT2D eigenvalue weighted by Gasteiger charge is 2.21. The maximum Gasteiger partial charge on any atom is 0.347 e. The lowest BCUT2D eigenvalue weighted by atomic mass is 10.2. The summed E-state index contributed by atoms with van der Waals surface area (Å²) < 4.78 is 30.3. The molecule has 5 rings (SSSR count). The molecule has 10 nitrogen and oxygen atoms in total. The number of halogens is 1. The van der Waals surface area contributed by atoms with Crippen LogP contribution in [0.15, 0.2) is 75.0 Å². The Kier molecular flexibility index (Phi) is 8.76. The molecule has 0 saturated carbocycles. The first-order valence-corrected chi connectivity index (χ1v) is 14.3. The number of hydrogen-bond donors (Lipinski definition) is 0. The SMILES string of the molecule is CCOC(=O)[C@@H](C)Oc1c(I)cc(C=Nn2c(-c3cc4c(OC)cccc4o3)nc3ccccc3c2=O)cc1OCC. The van der Waals surface area contributed by atoms with E-state index in [2.05, 4.69) is 27.7 Å². The molecule has 5 aromatic rings. The van der Waals surface area contributed by atoms with Crippen molar-refractivity contribution in [1.82, 2.24) is 9.66 Å². The van der Waals surface area contributed by atoms with Gasteiger partial charge in [0, 0.05) is 0 Å². The van der Waals surface area contributed by atoms with Crippen LogP contribution in [0.5, 0.6) is 17.2 Å². The number of ether oxygens (including phenoxy) is 4. The fourth-order valence-electron chi connectivity index (χ4n) is 4.36. The summed E-state index contributed by atoms with van der Waals surface area (Å²) in [5, 5.41) is 5.71. The van der Waals surface area contributed by atoms with E-state index >= 15 is 0 Å². The fraction of sp³-hybridized carbons (Fsp3) is 0.226.